The summed E-state index contributed by atoms with van der Waals surface area (Å²) in [5.74, 6) is 0.172. The lowest BCUT2D eigenvalue weighted by Crippen LogP contribution is -2.37. The number of unbranched alkanes of at least 4 members (excludes halogenated alkanes) is 1. The van der Waals surface area contributed by atoms with E-state index in [0.717, 1.165) is 56.2 Å². The fraction of sp³-hybridized carbons (Fsp3) is 0.357. The molecule has 0 saturated carbocycles. The van der Waals surface area contributed by atoms with Gasteiger partial charge in [-0.15, -0.1) is 0 Å². The predicted octanol–water partition coefficient (Wildman–Crippen LogP) is 6.53. The van der Waals surface area contributed by atoms with Crippen molar-refractivity contribution in [2.24, 2.45) is 0 Å². The number of furan rings is 1. The maximum absolute atomic E-state index is 13.7. The molecule has 1 fully saturated rings. The number of carbonyl (C=O) groups excluding carboxylic acids is 2. The number of hydrogen-bond donors (Lipinski definition) is 1. The Kier molecular flexibility index (Phi) is 9.02. The molecule has 1 saturated heterocycles. The van der Waals surface area contributed by atoms with Crippen LogP contribution in [0.4, 0.5) is 17.1 Å². The van der Waals surface area contributed by atoms with Crippen LogP contribution < -0.4 is 10.2 Å². The second kappa shape index (κ2) is 12.6. The standard InChI is InChI=1S/C28H31ClN4O5/c1-2-3-13-32(19-22-8-7-16-38-22)25-12-10-21(18-23(25)28(35)31-14-5-4-6-15-31)30-27(34)20-9-11-24(29)26(17-20)33(36)37/h7-12,16-18H,2-6,13-15,19H2,1H3,(H,30,34). The number of nitro benzene ring substituents is 1. The number of halogens is 1. The molecular formula is C28H31ClN4O5. The Labute approximate surface area is 226 Å². The molecule has 2 heterocycles. The average Bonchev–Trinajstić information content (AvgIpc) is 3.44. The van der Waals surface area contributed by atoms with Gasteiger partial charge in [0, 0.05) is 37.0 Å². The lowest BCUT2D eigenvalue weighted by atomic mass is 10.1. The van der Waals surface area contributed by atoms with Crippen molar-refractivity contribution >= 4 is 40.5 Å². The van der Waals surface area contributed by atoms with Gasteiger partial charge in [-0.05, 0) is 68.1 Å². The van der Waals surface area contributed by atoms with Crippen molar-refractivity contribution in [2.75, 3.05) is 29.9 Å². The number of piperidine rings is 1. The minimum absolute atomic E-state index is 0.0472. The van der Waals surface area contributed by atoms with Crippen molar-refractivity contribution in [1.82, 2.24) is 4.90 Å². The molecule has 0 spiro atoms. The zero-order valence-electron chi connectivity index (χ0n) is 21.3. The van der Waals surface area contributed by atoms with E-state index in [1.54, 1.807) is 18.4 Å². The van der Waals surface area contributed by atoms with E-state index < -0.39 is 10.8 Å². The topological polar surface area (TPSA) is 109 Å². The molecule has 0 aliphatic carbocycles. The average molecular weight is 539 g/mol. The third-order valence-electron chi connectivity index (χ3n) is 6.58. The smallest absolute Gasteiger partial charge is 0.288 e. The number of carbonyl (C=O) groups is 2. The molecule has 0 unspecified atom stereocenters. The van der Waals surface area contributed by atoms with E-state index in [0.29, 0.717) is 30.9 Å². The molecule has 0 bridgehead atoms. The van der Waals surface area contributed by atoms with E-state index >= 15 is 0 Å². The molecule has 3 aromatic rings. The monoisotopic (exact) mass is 538 g/mol. The largest absolute Gasteiger partial charge is 0.467 e. The first-order valence-electron chi connectivity index (χ1n) is 12.8. The summed E-state index contributed by atoms with van der Waals surface area (Å²) < 4.78 is 5.59. The number of nitro groups is 1. The summed E-state index contributed by atoms with van der Waals surface area (Å²) in [6.07, 6.45) is 6.57. The second-order valence-corrected chi connectivity index (χ2v) is 9.72. The SMILES string of the molecule is CCCCN(Cc1ccco1)c1ccc(NC(=O)c2ccc(Cl)c([N+](=O)[O-])c2)cc1C(=O)N1CCCCC1. The number of rotatable bonds is 10. The Hall–Kier alpha value is -3.85. The highest BCUT2D eigenvalue weighted by atomic mass is 35.5. The van der Waals surface area contributed by atoms with Gasteiger partial charge in [-0.25, -0.2) is 0 Å². The number of likely N-dealkylation sites (tertiary alicyclic amines) is 1. The van der Waals surface area contributed by atoms with E-state index in [4.69, 9.17) is 16.0 Å². The van der Waals surface area contributed by atoms with E-state index in [2.05, 4.69) is 17.1 Å². The first-order valence-corrected chi connectivity index (χ1v) is 13.2. The van der Waals surface area contributed by atoms with Crippen molar-refractivity contribution in [2.45, 2.75) is 45.6 Å². The van der Waals surface area contributed by atoms with E-state index in [9.17, 15) is 19.7 Å². The van der Waals surface area contributed by atoms with Crippen molar-refractivity contribution in [3.63, 3.8) is 0 Å². The Morgan fingerprint density at radius 2 is 1.92 bits per heavy atom. The molecule has 2 amide bonds. The van der Waals surface area contributed by atoms with Gasteiger partial charge in [0.2, 0.25) is 0 Å². The van der Waals surface area contributed by atoms with Gasteiger partial charge in [-0.3, -0.25) is 19.7 Å². The van der Waals surface area contributed by atoms with Crippen molar-refractivity contribution in [3.8, 4) is 0 Å². The second-order valence-electron chi connectivity index (χ2n) is 9.32. The summed E-state index contributed by atoms with van der Waals surface area (Å²) in [5, 5.41) is 14.0. The Balaban J connectivity index is 1.67. The summed E-state index contributed by atoms with van der Waals surface area (Å²) in [6, 6.07) is 12.9. The normalized spacial score (nSPS) is 13.3. The highest BCUT2D eigenvalue weighted by Crippen LogP contribution is 2.30. The number of benzene rings is 2. The quantitative estimate of drug-likeness (QED) is 0.232. The molecule has 1 aromatic heterocycles. The molecule has 1 N–H and O–H groups in total. The summed E-state index contributed by atoms with van der Waals surface area (Å²) in [5.41, 5.74) is 1.43. The van der Waals surface area contributed by atoms with Gasteiger partial charge in [0.1, 0.15) is 10.8 Å². The van der Waals surface area contributed by atoms with Gasteiger partial charge < -0.3 is 19.5 Å². The zero-order chi connectivity index (χ0) is 27.1. The predicted molar refractivity (Wildman–Crippen MR) is 147 cm³/mol. The maximum Gasteiger partial charge on any atom is 0.288 e. The molecule has 38 heavy (non-hydrogen) atoms. The van der Waals surface area contributed by atoms with Gasteiger partial charge >= 0.3 is 0 Å². The molecule has 1 aliphatic rings. The Bertz CT molecular complexity index is 1290. The van der Waals surface area contributed by atoms with E-state index in [1.807, 2.05) is 23.1 Å². The zero-order valence-corrected chi connectivity index (χ0v) is 22.1. The molecule has 200 valence electrons. The summed E-state index contributed by atoms with van der Waals surface area (Å²) in [7, 11) is 0. The Morgan fingerprint density at radius 3 is 2.61 bits per heavy atom. The summed E-state index contributed by atoms with van der Waals surface area (Å²) in [4.78, 5) is 41.3. The lowest BCUT2D eigenvalue weighted by molar-refractivity contribution is -0.384. The fourth-order valence-electron chi connectivity index (χ4n) is 4.55. The molecule has 1 aliphatic heterocycles. The number of amides is 2. The third-order valence-corrected chi connectivity index (χ3v) is 6.90. The van der Waals surface area contributed by atoms with Crippen LogP contribution in [0.3, 0.4) is 0 Å². The molecule has 9 nitrogen and oxygen atoms in total. The van der Waals surface area contributed by atoms with Gasteiger partial charge in [0.25, 0.3) is 17.5 Å². The lowest BCUT2D eigenvalue weighted by Gasteiger charge is -2.31. The Morgan fingerprint density at radius 1 is 1.13 bits per heavy atom. The van der Waals surface area contributed by atoms with E-state index in [1.165, 1.54) is 12.1 Å². The molecule has 0 atom stereocenters. The summed E-state index contributed by atoms with van der Waals surface area (Å²) in [6.45, 7) is 4.74. The number of anilines is 2. The molecule has 2 aromatic carbocycles. The van der Waals surface area contributed by atoms with Gasteiger partial charge in [0.05, 0.1) is 29.0 Å². The van der Waals surface area contributed by atoms with Crippen LogP contribution in [-0.2, 0) is 6.54 Å². The third kappa shape index (κ3) is 6.52. The molecule has 10 heteroatoms. The van der Waals surface area contributed by atoms with Crippen LogP contribution in [0.2, 0.25) is 5.02 Å². The minimum Gasteiger partial charge on any atom is -0.467 e. The van der Waals surface area contributed by atoms with Gasteiger partial charge in [-0.2, -0.15) is 0 Å². The number of nitrogens with zero attached hydrogens (tertiary/aromatic N) is 3. The van der Waals surface area contributed by atoms with Crippen LogP contribution in [0.1, 0.15) is 65.5 Å². The van der Waals surface area contributed by atoms with Crippen molar-refractivity contribution < 1.29 is 18.9 Å². The van der Waals surface area contributed by atoms with Crippen LogP contribution >= 0.6 is 11.6 Å². The van der Waals surface area contributed by atoms with Crippen molar-refractivity contribution in [1.29, 1.82) is 0 Å². The van der Waals surface area contributed by atoms with Crippen LogP contribution in [0.25, 0.3) is 0 Å². The molecule has 0 radical (unpaired) electrons. The van der Waals surface area contributed by atoms with Crippen LogP contribution in [0.5, 0.6) is 0 Å². The highest BCUT2D eigenvalue weighted by Gasteiger charge is 2.25. The molecule has 4 rings (SSSR count). The maximum atomic E-state index is 13.7. The number of nitrogens with one attached hydrogen (secondary N) is 1. The fourth-order valence-corrected chi connectivity index (χ4v) is 4.74. The number of hydrogen-bond acceptors (Lipinski definition) is 6. The first kappa shape index (κ1) is 27.2. The first-order chi connectivity index (χ1) is 18.4. The van der Waals surface area contributed by atoms with Crippen LogP contribution in [-0.4, -0.2) is 41.3 Å². The van der Waals surface area contributed by atoms with E-state index in [-0.39, 0.29) is 22.2 Å². The summed E-state index contributed by atoms with van der Waals surface area (Å²) >= 11 is 5.89. The van der Waals surface area contributed by atoms with Gasteiger partial charge in [-0.1, -0.05) is 24.9 Å². The van der Waals surface area contributed by atoms with Crippen LogP contribution in [0, 0.1) is 10.1 Å². The van der Waals surface area contributed by atoms with Crippen LogP contribution in [0.15, 0.2) is 59.2 Å². The highest BCUT2D eigenvalue weighted by molar-refractivity contribution is 6.32. The van der Waals surface area contributed by atoms with Gasteiger partial charge in [0.15, 0.2) is 0 Å². The van der Waals surface area contributed by atoms with Crippen molar-refractivity contribution in [3.05, 3.63) is 86.8 Å². The molecular weight excluding hydrogens is 508 g/mol. The minimum atomic E-state index is -0.632.